The van der Waals surface area contributed by atoms with Crippen molar-refractivity contribution < 1.29 is 0 Å². The van der Waals surface area contributed by atoms with Gasteiger partial charge in [0.25, 0.3) is 0 Å². The molecule has 3 rings (SSSR count). The largest absolute Gasteiger partial charge is 0.370 e. The summed E-state index contributed by atoms with van der Waals surface area (Å²) in [6.07, 6.45) is 7.68. The summed E-state index contributed by atoms with van der Waals surface area (Å²) in [5, 5.41) is 11.4. The standard InChI is InChI=1S/C16H26N8/c1-12(2)8-19-16(17)20-9-13-4-3-6-23(10-13)14-15-22-21-11-24(15)7-5-18-14/h5,7,11-13H,3-4,6,8-10H2,1-2H3,(H3,17,19,20). The van der Waals surface area contributed by atoms with E-state index in [-0.39, 0.29) is 0 Å². The van der Waals surface area contributed by atoms with E-state index in [1.54, 1.807) is 12.5 Å². The number of hydrogen-bond acceptors (Lipinski definition) is 5. The van der Waals surface area contributed by atoms with Crippen LogP contribution in [0, 0.1) is 11.8 Å². The quantitative estimate of drug-likeness (QED) is 0.624. The number of nitrogens with two attached hydrogens (primary N) is 1. The van der Waals surface area contributed by atoms with E-state index >= 15 is 0 Å². The van der Waals surface area contributed by atoms with Crippen molar-refractivity contribution in [3.63, 3.8) is 0 Å². The monoisotopic (exact) mass is 330 g/mol. The number of hydrogen-bond donors (Lipinski definition) is 2. The Morgan fingerprint density at radius 1 is 1.50 bits per heavy atom. The minimum absolute atomic E-state index is 0.511. The molecule has 0 amide bonds. The zero-order valence-electron chi connectivity index (χ0n) is 14.4. The molecule has 8 nitrogen and oxygen atoms in total. The second kappa shape index (κ2) is 7.46. The van der Waals surface area contributed by atoms with Gasteiger partial charge in [0.05, 0.1) is 0 Å². The van der Waals surface area contributed by atoms with Crippen molar-refractivity contribution in [1.29, 1.82) is 0 Å². The molecule has 2 aromatic rings. The third-order valence-electron chi connectivity index (χ3n) is 4.21. The molecule has 2 aromatic heterocycles. The average molecular weight is 330 g/mol. The maximum absolute atomic E-state index is 5.94. The topological polar surface area (TPSA) is 96.7 Å². The SMILES string of the molecule is CC(C)CN=C(N)NCC1CCCN(c2nccn3cnnc23)C1. The van der Waals surface area contributed by atoms with Crippen molar-refractivity contribution in [3.05, 3.63) is 18.7 Å². The van der Waals surface area contributed by atoms with E-state index in [0.717, 1.165) is 44.1 Å². The molecule has 3 heterocycles. The number of piperidine rings is 1. The molecule has 0 aromatic carbocycles. The van der Waals surface area contributed by atoms with Crippen LogP contribution < -0.4 is 16.0 Å². The normalized spacial score (nSPS) is 19.2. The van der Waals surface area contributed by atoms with Crippen LogP contribution in [0.25, 0.3) is 5.65 Å². The highest BCUT2D eigenvalue weighted by atomic mass is 15.3. The molecule has 1 unspecified atom stereocenters. The molecule has 1 atom stereocenters. The summed E-state index contributed by atoms with van der Waals surface area (Å²) < 4.78 is 1.90. The van der Waals surface area contributed by atoms with E-state index < -0.39 is 0 Å². The van der Waals surface area contributed by atoms with Crippen molar-refractivity contribution in [2.75, 3.05) is 31.1 Å². The second-order valence-electron chi connectivity index (χ2n) is 6.77. The van der Waals surface area contributed by atoms with Crippen molar-refractivity contribution in [3.8, 4) is 0 Å². The lowest BCUT2D eigenvalue weighted by Gasteiger charge is -2.33. The van der Waals surface area contributed by atoms with Crippen LogP contribution in [0.5, 0.6) is 0 Å². The van der Waals surface area contributed by atoms with Gasteiger partial charge in [-0.1, -0.05) is 13.8 Å². The Morgan fingerprint density at radius 3 is 3.21 bits per heavy atom. The molecular formula is C16H26N8. The maximum Gasteiger partial charge on any atom is 0.203 e. The predicted octanol–water partition coefficient (Wildman–Crippen LogP) is 0.901. The molecule has 24 heavy (non-hydrogen) atoms. The number of anilines is 1. The van der Waals surface area contributed by atoms with Crippen LogP contribution in [0.4, 0.5) is 5.82 Å². The highest BCUT2D eigenvalue weighted by Gasteiger charge is 2.23. The Hall–Kier alpha value is -2.38. The van der Waals surface area contributed by atoms with E-state index in [9.17, 15) is 0 Å². The van der Waals surface area contributed by atoms with Crippen LogP contribution in [0.3, 0.4) is 0 Å². The highest BCUT2D eigenvalue weighted by molar-refractivity contribution is 5.77. The van der Waals surface area contributed by atoms with Gasteiger partial charge in [0.1, 0.15) is 6.33 Å². The molecule has 0 aliphatic carbocycles. The number of nitrogens with one attached hydrogen (secondary N) is 1. The van der Waals surface area contributed by atoms with Gasteiger partial charge in [-0.05, 0) is 24.7 Å². The maximum atomic E-state index is 5.94. The fraction of sp³-hybridized carbons (Fsp3) is 0.625. The molecule has 0 radical (unpaired) electrons. The van der Waals surface area contributed by atoms with Gasteiger partial charge in [0.15, 0.2) is 11.8 Å². The number of guanidine groups is 1. The van der Waals surface area contributed by atoms with E-state index in [0.29, 0.717) is 17.8 Å². The number of aromatic nitrogens is 4. The Balaban J connectivity index is 1.60. The van der Waals surface area contributed by atoms with Gasteiger partial charge >= 0.3 is 0 Å². The minimum atomic E-state index is 0.511. The summed E-state index contributed by atoms with van der Waals surface area (Å²) in [6.45, 7) is 7.78. The fourth-order valence-corrected chi connectivity index (χ4v) is 2.98. The summed E-state index contributed by atoms with van der Waals surface area (Å²) in [7, 11) is 0. The average Bonchev–Trinajstić information content (AvgIpc) is 3.07. The number of aliphatic imine (C=N–C) groups is 1. The van der Waals surface area contributed by atoms with Gasteiger partial charge in [-0.3, -0.25) is 9.39 Å². The fourth-order valence-electron chi connectivity index (χ4n) is 2.98. The van der Waals surface area contributed by atoms with Gasteiger partial charge in [-0.25, -0.2) is 4.98 Å². The molecule has 1 fully saturated rings. The van der Waals surface area contributed by atoms with Crippen molar-refractivity contribution in [1.82, 2.24) is 24.9 Å². The highest BCUT2D eigenvalue weighted by Crippen LogP contribution is 2.23. The molecule has 3 N–H and O–H groups in total. The van der Waals surface area contributed by atoms with Crippen LogP contribution in [0.1, 0.15) is 26.7 Å². The van der Waals surface area contributed by atoms with Crippen LogP contribution in [-0.2, 0) is 0 Å². The predicted molar refractivity (Wildman–Crippen MR) is 95.0 cm³/mol. The summed E-state index contributed by atoms with van der Waals surface area (Å²) in [5.74, 6) is 2.47. The van der Waals surface area contributed by atoms with E-state index in [2.05, 4.69) is 44.2 Å². The van der Waals surface area contributed by atoms with Crippen molar-refractivity contribution in [2.24, 2.45) is 22.6 Å². The van der Waals surface area contributed by atoms with Gasteiger partial charge in [-0.15, -0.1) is 10.2 Å². The summed E-state index contributed by atoms with van der Waals surface area (Å²) in [6, 6.07) is 0. The zero-order valence-corrected chi connectivity index (χ0v) is 14.4. The number of fused-ring (bicyclic) bond motifs is 1. The van der Waals surface area contributed by atoms with Crippen LogP contribution in [0.15, 0.2) is 23.7 Å². The molecule has 8 heteroatoms. The minimum Gasteiger partial charge on any atom is -0.370 e. The van der Waals surface area contributed by atoms with Crippen molar-refractivity contribution in [2.45, 2.75) is 26.7 Å². The first-order chi connectivity index (χ1) is 11.6. The third-order valence-corrected chi connectivity index (χ3v) is 4.21. The Morgan fingerprint density at radius 2 is 2.38 bits per heavy atom. The molecule has 1 saturated heterocycles. The lowest BCUT2D eigenvalue weighted by atomic mass is 9.98. The zero-order chi connectivity index (χ0) is 16.9. The van der Waals surface area contributed by atoms with Gasteiger partial charge in [-0.2, -0.15) is 0 Å². The lowest BCUT2D eigenvalue weighted by molar-refractivity contribution is 0.409. The molecule has 1 aliphatic heterocycles. The molecular weight excluding hydrogens is 304 g/mol. The Bertz CT molecular complexity index is 692. The summed E-state index contributed by atoms with van der Waals surface area (Å²) >= 11 is 0. The molecule has 0 spiro atoms. The van der Waals surface area contributed by atoms with Gasteiger partial charge in [0.2, 0.25) is 5.65 Å². The lowest BCUT2D eigenvalue weighted by Crippen LogP contribution is -2.43. The second-order valence-corrected chi connectivity index (χ2v) is 6.77. The Labute approximate surface area is 142 Å². The van der Waals surface area contributed by atoms with E-state index in [1.165, 1.54) is 6.42 Å². The molecule has 130 valence electrons. The first kappa shape index (κ1) is 16.5. The third kappa shape index (κ3) is 3.93. The molecule has 1 aliphatic rings. The van der Waals surface area contributed by atoms with E-state index in [4.69, 9.17) is 5.73 Å². The first-order valence-electron chi connectivity index (χ1n) is 8.56. The Kier molecular flexibility index (Phi) is 5.12. The van der Waals surface area contributed by atoms with Gasteiger partial charge in [0, 0.05) is 38.6 Å². The summed E-state index contributed by atoms with van der Waals surface area (Å²) in [4.78, 5) is 11.2. The number of rotatable bonds is 5. The van der Waals surface area contributed by atoms with Crippen LogP contribution in [-0.4, -0.2) is 51.7 Å². The smallest absolute Gasteiger partial charge is 0.203 e. The first-order valence-corrected chi connectivity index (χ1v) is 8.56. The van der Waals surface area contributed by atoms with Crippen LogP contribution in [0.2, 0.25) is 0 Å². The number of nitrogens with zero attached hydrogens (tertiary/aromatic N) is 6. The van der Waals surface area contributed by atoms with Gasteiger partial charge < -0.3 is 16.0 Å². The van der Waals surface area contributed by atoms with E-state index in [1.807, 2.05) is 10.6 Å². The molecule has 0 bridgehead atoms. The van der Waals surface area contributed by atoms with Crippen LogP contribution >= 0.6 is 0 Å². The summed E-state index contributed by atoms with van der Waals surface area (Å²) in [5.41, 5.74) is 6.75. The van der Waals surface area contributed by atoms with Crippen molar-refractivity contribution >= 4 is 17.4 Å². The molecule has 0 saturated carbocycles.